The molecule has 0 aliphatic heterocycles. The number of Topliss-reactive ketones (excluding diaryl/α,β-unsaturated/α-hetero) is 1. The summed E-state index contributed by atoms with van der Waals surface area (Å²) in [5.74, 6) is -0.316. The molecule has 0 atom stereocenters. The number of rotatable bonds is 7. The Hall–Kier alpha value is -2.26. The van der Waals surface area contributed by atoms with Gasteiger partial charge in [-0.25, -0.2) is 4.39 Å². The predicted octanol–water partition coefficient (Wildman–Crippen LogP) is 3.67. The Morgan fingerprint density at radius 1 is 1.05 bits per heavy atom. The summed E-state index contributed by atoms with van der Waals surface area (Å²) < 4.78 is 18.0. The summed E-state index contributed by atoms with van der Waals surface area (Å²) in [4.78, 5) is 11.7. The van der Waals surface area contributed by atoms with Crippen LogP contribution in [0.2, 0.25) is 0 Å². The summed E-state index contributed by atoms with van der Waals surface area (Å²) in [5.41, 5.74) is 1.89. The first-order valence-electron chi connectivity index (χ1n) is 6.79. The Labute approximate surface area is 123 Å². The van der Waals surface area contributed by atoms with E-state index in [4.69, 9.17) is 4.74 Å². The van der Waals surface area contributed by atoms with Gasteiger partial charge in [-0.05, 0) is 23.3 Å². The van der Waals surface area contributed by atoms with Crippen molar-refractivity contribution < 1.29 is 13.9 Å². The van der Waals surface area contributed by atoms with E-state index in [1.54, 1.807) is 12.1 Å². The van der Waals surface area contributed by atoms with Crippen LogP contribution in [0.15, 0.2) is 60.7 Å². The Bertz CT molecular complexity index is 588. The van der Waals surface area contributed by atoms with E-state index in [1.165, 1.54) is 12.1 Å². The van der Waals surface area contributed by atoms with Crippen molar-refractivity contribution in [2.45, 2.75) is 6.42 Å². The number of ketones is 1. The van der Waals surface area contributed by atoms with E-state index in [2.05, 4.69) is 0 Å². The van der Waals surface area contributed by atoms with Crippen LogP contribution in [0.25, 0.3) is 6.08 Å². The molecule has 3 heteroatoms. The van der Waals surface area contributed by atoms with Crippen molar-refractivity contribution in [3.63, 3.8) is 0 Å². The van der Waals surface area contributed by atoms with E-state index >= 15 is 0 Å². The third-order valence-corrected chi connectivity index (χ3v) is 2.90. The molecule has 0 bridgehead atoms. The van der Waals surface area contributed by atoms with E-state index in [9.17, 15) is 9.18 Å². The number of ether oxygens (including phenoxy) is 1. The monoisotopic (exact) mass is 284 g/mol. The van der Waals surface area contributed by atoms with Crippen molar-refractivity contribution in [3.8, 4) is 0 Å². The molecule has 0 radical (unpaired) electrons. The summed E-state index contributed by atoms with van der Waals surface area (Å²) >= 11 is 0. The third kappa shape index (κ3) is 5.71. The highest BCUT2D eigenvalue weighted by Gasteiger charge is 2.03. The van der Waals surface area contributed by atoms with E-state index in [1.807, 2.05) is 42.5 Å². The number of hydrogen-bond acceptors (Lipinski definition) is 2. The topological polar surface area (TPSA) is 26.3 Å². The number of halogens is 1. The van der Waals surface area contributed by atoms with E-state index in [0.717, 1.165) is 11.1 Å². The number of benzene rings is 2. The van der Waals surface area contributed by atoms with Crippen molar-refractivity contribution in [2.75, 3.05) is 13.2 Å². The molecule has 108 valence electrons. The van der Waals surface area contributed by atoms with Gasteiger partial charge in [0.25, 0.3) is 0 Å². The lowest BCUT2D eigenvalue weighted by atomic mass is 10.1. The minimum atomic E-state index is -0.298. The third-order valence-electron chi connectivity index (χ3n) is 2.90. The van der Waals surface area contributed by atoms with Gasteiger partial charge in [0.1, 0.15) is 12.4 Å². The van der Waals surface area contributed by atoms with Crippen LogP contribution < -0.4 is 0 Å². The normalized spacial score (nSPS) is 10.9. The standard InChI is InChI=1S/C18H17FO2/c19-17-10-8-16(9-11-17)13-18(20)14-21-12-4-7-15-5-2-1-3-6-15/h1-11H,12-14H2. The SMILES string of the molecule is O=C(COCC=Cc1ccccc1)Cc1ccc(F)cc1. The van der Waals surface area contributed by atoms with E-state index in [-0.39, 0.29) is 24.6 Å². The highest BCUT2D eigenvalue weighted by atomic mass is 19.1. The van der Waals surface area contributed by atoms with Crippen LogP contribution in [-0.2, 0) is 16.0 Å². The van der Waals surface area contributed by atoms with Crippen LogP contribution in [-0.4, -0.2) is 19.0 Å². The lowest BCUT2D eigenvalue weighted by Crippen LogP contribution is -2.11. The summed E-state index contributed by atoms with van der Waals surface area (Å²) in [6.45, 7) is 0.459. The molecule has 2 rings (SSSR count). The summed E-state index contributed by atoms with van der Waals surface area (Å²) in [5, 5.41) is 0. The van der Waals surface area contributed by atoms with Gasteiger partial charge in [0.2, 0.25) is 0 Å². The molecular weight excluding hydrogens is 267 g/mol. The molecule has 0 aromatic heterocycles. The van der Waals surface area contributed by atoms with Gasteiger partial charge in [-0.2, -0.15) is 0 Å². The molecule has 0 fully saturated rings. The van der Waals surface area contributed by atoms with Crippen molar-refractivity contribution in [1.29, 1.82) is 0 Å². The van der Waals surface area contributed by atoms with Crippen LogP contribution in [0.4, 0.5) is 4.39 Å². The van der Waals surface area contributed by atoms with Gasteiger partial charge in [0, 0.05) is 6.42 Å². The molecule has 2 aromatic rings. The molecule has 0 saturated heterocycles. The first-order chi connectivity index (χ1) is 10.2. The molecule has 0 N–H and O–H groups in total. The second kappa shape index (κ2) is 8.12. The number of carbonyl (C=O) groups excluding carboxylic acids is 1. The van der Waals surface area contributed by atoms with Crippen LogP contribution in [0.3, 0.4) is 0 Å². The average molecular weight is 284 g/mol. The smallest absolute Gasteiger partial charge is 0.162 e. The fourth-order valence-electron chi connectivity index (χ4n) is 1.87. The Morgan fingerprint density at radius 2 is 1.76 bits per heavy atom. The van der Waals surface area contributed by atoms with Crippen molar-refractivity contribution in [2.24, 2.45) is 0 Å². The minimum Gasteiger partial charge on any atom is -0.370 e. The molecule has 0 unspecified atom stereocenters. The molecule has 0 amide bonds. The quantitative estimate of drug-likeness (QED) is 0.725. The fraction of sp³-hybridized carbons (Fsp3) is 0.167. The molecular formula is C18H17FO2. The molecule has 0 saturated carbocycles. The lowest BCUT2D eigenvalue weighted by molar-refractivity contribution is -0.122. The Kier molecular flexibility index (Phi) is 5.85. The zero-order chi connectivity index (χ0) is 14.9. The number of hydrogen-bond donors (Lipinski definition) is 0. The average Bonchev–Trinajstić information content (AvgIpc) is 2.50. The largest absolute Gasteiger partial charge is 0.370 e. The Balaban J connectivity index is 1.67. The van der Waals surface area contributed by atoms with Gasteiger partial charge >= 0.3 is 0 Å². The van der Waals surface area contributed by atoms with Gasteiger partial charge in [0.15, 0.2) is 5.78 Å². The van der Waals surface area contributed by atoms with Crippen LogP contribution >= 0.6 is 0 Å². The Morgan fingerprint density at radius 3 is 2.48 bits per heavy atom. The summed E-state index contributed by atoms with van der Waals surface area (Å²) in [6.07, 6.45) is 4.09. The van der Waals surface area contributed by atoms with Crippen LogP contribution in [0.5, 0.6) is 0 Å². The zero-order valence-electron chi connectivity index (χ0n) is 11.7. The first kappa shape index (κ1) is 15.1. The second-order valence-corrected chi connectivity index (χ2v) is 4.67. The molecule has 2 nitrogen and oxygen atoms in total. The number of carbonyl (C=O) groups is 1. The maximum Gasteiger partial charge on any atom is 0.162 e. The summed E-state index contributed by atoms with van der Waals surface area (Å²) in [6, 6.07) is 15.8. The highest BCUT2D eigenvalue weighted by Crippen LogP contribution is 2.04. The van der Waals surface area contributed by atoms with Gasteiger partial charge in [-0.3, -0.25) is 4.79 Å². The van der Waals surface area contributed by atoms with Gasteiger partial charge in [0.05, 0.1) is 6.61 Å². The molecule has 2 aromatic carbocycles. The lowest BCUT2D eigenvalue weighted by Gasteiger charge is -2.02. The van der Waals surface area contributed by atoms with Crippen molar-refractivity contribution >= 4 is 11.9 Å². The van der Waals surface area contributed by atoms with Crippen molar-refractivity contribution in [3.05, 3.63) is 77.6 Å². The molecule has 0 heterocycles. The molecule has 0 aliphatic rings. The van der Waals surface area contributed by atoms with Gasteiger partial charge < -0.3 is 4.74 Å². The van der Waals surface area contributed by atoms with Gasteiger partial charge in [-0.1, -0.05) is 54.6 Å². The maximum atomic E-state index is 12.7. The fourth-order valence-corrected chi connectivity index (χ4v) is 1.87. The van der Waals surface area contributed by atoms with Crippen LogP contribution in [0, 0.1) is 5.82 Å². The second-order valence-electron chi connectivity index (χ2n) is 4.67. The van der Waals surface area contributed by atoms with E-state index in [0.29, 0.717) is 6.61 Å². The minimum absolute atomic E-state index is 0.0188. The van der Waals surface area contributed by atoms with E-state index < -0.39 is 0 Å². The van der Waals surface area contributed by atoms with Crippen LogP contribution in [0.1, 0.15) is 11.1 Å². The molecule has 0 aliphatic carbocycles. The molecule has 0 spiro atoms. The highest BCUT2D eigenvalue weighted by molar-refractivity contribution is 5.82. The van der Waals surface area contributed by atoms with Gasteiger partial charge in [-0.15, -0.1) is 0 Å². The zero-order valence-corrected chi connectivity index (χ0v) is 11.7. The maximum absolute atomic E-state index is 12.7. The molecule has 21 heavy (non-hydrogen) atoms. The summed E-state index contributed by atoms with van der Waals surface area (Å²) in [7, 11) is 0. The first-order valence-corrected chi connectivity index (χ1v) is 6.79. The predicted molar refractivity (Wildman–Crippen MR) is 81.4 cm³/mol. The van der Waals surface area contributed by atoms with Crippen molar-refractivity contribution in [1.82, 2.24) is 0 Å².